The summed E-state index contributed by atoms with van der Waals surface area (Å²) in [6, 6.07) is 14.4. The van der Waals surface area contributed by atoms with E-state index in [0.29, 0.717) is 11.1 Å². The van der Waals surface area contributed by atoms with E-state index in [1.54, 1.807) is 11.9 Å². The van der Waals surface area contributed by atoms with Crippen LogP contribution in [-0.2, 0) is 25.7 Å². The predicted octanol–water partition coefficient (Wildman–Crippen LogP) is 4.34. The number of thioether (sulfide) groups is 2. The van der Waals surface area contributed by atoms with Gasteiger partial charge in [-0.2, -0.15) is 0 Å². The average Bonchev–Trinajstić information content (AvgIpc) is 2.89. The van der Waals surface area contributed by atoms with Crippen LogP contribution in [0.4, 0.5) is 5.69 Å². The average molecular weight is 590 g/mol. The molecule has 2 atom stereocenters. The SMILES string of the molecule is CC1=C(C(=O)OCc2ccc([N+](=O)[O-])cc2)N2C(=O)C(NC(=O)CSc3ccccc3)[C@H]2SC1=CBr. The second kappa shape index (κ2) is 11.3. The molecule has 0 aliphatic carbocycles. The molecule has 2 aromatic carbocycles. The van der Waals surface area contributed by atoms with Gasteiger partial charge in [0.25, 0.3) is 11.6 Å². The zero-order valence-electron chi connectivity index (χ0n) is 18.9. The fourth-order valence-corrected chi connectivity index (χ4v) is 6.26. The maximum absolute atomic E-state index is 13.0. The Bertz CT molecular complexity index is 1270. The summed E-state index contributed by atoms with van der Waals surface area (Å²) in [6.07, 6.45) is 0. The quantitative estimate of drug-likeness (QED) is 0.159. The summed E-state index contributed by atoms with van der Waals surface area (Å²) < 4.78 is 5.43. The Labute approximate surface area is 223 Å². The number of rotatable bonds is 8. The van der Waals surface area contributed by atoms with Crippen LogP contribution in [-0.4, -0.2) is 44.8 Å². The Balaban J connectivity index is 1.42. The highest BCUT2D eigenvalue weighted by Crippen LogP contribution is 2.47. The second-order valence-electron chi connectivity index (χ2n) is 7.81. The summed E-state index contributed by atoms with van der Waals surface area (Å²) >= 11 is 6.05. The van der Waals surface area contributed by atoms with Crippen LogP contribution in [0.1, 0.15) is 12.5 Å². The zero-order valence-corrected chi connectivity index (χ0v) is 22.1. The van der Waals surface area contributed by atoms with E-state index in [1.807, 2.05) is 30.3 Å². The van der Waals surface area contributed by atoms with Crippen molar-refractivity contribution < 1.29 is 24.0 Å². The number of benzene rings is 2. The summed E-state index contributed by atoms with van der Waals surface area (Å²) in [4.78, 5) is 53.5. The smallest absolute Gasteiger partial charge is 0.355 e. The van der Waals surface area contributed by atoms with Crippen molar-refractivity contribution in [3.05, 3.63) is 91.4 Å². The van der Waals surface area contributed by atoms with Crippen molar-refractivity contribution in [2.45, 2.75) is 29.8 Å². The van der Waals surface area contributed by atoms with Gasteiger partial charge in [-0.25, -0.2) is 4.79 Å². The molecular weight excluding hydrogens is 570 g/mol. The minimum absolute atomic E-state index is 0.0655. The number of carbonyl (C=O) groups is 3. The molecule has 9 nitrogen and oxygen atoms in total. The van der Waals surface area contributed by atoms with Crippen LogP contribution in [0.25, 0.3) is 0 Å². The van der Waals surface area contributed by atoms with Gasteiger partial charge in [-0.15, -0.1) is 11.8 Å². The third-order valence-electron chi connectivity index (χ3n) is 5.50. The molecule has 12 heteroatoms. The number of nitro groups is 1. The molecule has 2 heterocycles. The van der Waals surface area contributed by atoms with Crippen LogP contribution >= 0.6 is 39.5 Å². The molecular formula is C24H20BrN3O6S2. The van der Waals surface area contributed by atoms with Crippen molar-refractivity contribution in [3.8, 4) is 0 Å². The number of hydrogen-bond acceptors (Lipinski definition) is 8. The summed E-state index contributed by atoms with van der Waals surface area (Å²) in [5.41, 5.74) is 1.19. The number of amides is 2. The van der Waals surface area contributed by atoms with E-state index < -0.39 is 22.3 Å². The first-order valence-electron chi connectivity index (χ1n) is 10.7. The number of allylic oxidation sites excluding steroid dienone is 1. The number of ether oxygens (including phenoxy) is 1. The Morgan fingerprint density at radius 2 is 1.92 bits per heavy atom. The van der Waals surface area contributed by atoms with Gasteiger partial charge in [-0.3, -0.25) is 24.6 Å². The molecule has 0 radical (unpaired) electrons. The molecule has 0 spiro atoms. The third kappa shape index (κ3) is 5.50. The minimum atomic E-state index is -0.771. The Morgan fingerprint density at radius 3 is 2.56 bits per heavy atom. The van der Waals surface area contributed by atoms with Gasteiger partial charge in [-0.1, -0.05) is 45.9 Å². The first kappa shape index (κ1) is 26.0. The molecule has 2 aliphatic rings. The molecule has 0 aromatic heterocycles. The number of nitro benzene ring substituents is 1. The van der Waals surface area contributed by atoms with Gasteiger partial charge in [0, 0.05) is 21.9 Å². The lowest BCUT2D eigenvalue weighted by Crippen LogP contribution is -2.70. The first-order chi connectivity index (χ1) is 17.3. The number of halogens is 1. The maximum atomic E-state index is 13.0. The Hall–Kier alpha value is -3.09. The van der Waals surface area contributed by atoms with Gasteiger partial charge in [0.05, 0.1) is 10.7 Å². The minimum Gasteiger partial charge on any atom is -0.456 e. The zero-order chi connectivity index (χ0) is 25.8. The molecule has 2 amide bonds. The number of nitrogens with one attached hydrogen (secondary N) is 1. The van der Waals surface area contributed by atoms with E-state index >= 15 is 0 Å². The van der Waals surface area contributed by atoms with Crippen molar-refractivity contribution in [2.75, 3.05) is 5.75 Å². The largest absolute Gasteiger partial charge is 0.456 e. The van der Waals surface area contributed by atoms with E-state index in [9.17, 15) is 24.5 Å². The van der Waals surface area contributed by atoms with E-state index in [1.165, 1.54) is 52.7 Å². The van der Waals surface area contributed by atoms with Gasteiger partial charge < -0.3 is 10.1 Å². The highest BCUT2D eigenvalue weighted by atomic mass is 79.9. The highest BCUT2D eigenvalue weighted by Gasteiger charge is 2.55. The molecule has 4 rings (SSSR count). The maximum Gasteiger partial charge on any atom is 0.355 e. The van der Waals surface area contributed by atoms with Crippen LogP contribution in [0.5, 0.6) is 0 Å². The van der Waals surface area contributed by atoms with Crippen molar-refractivity contribution >= 4 is 62.9 Å². The molecule has 2 aliphatic heterocycles. The number of β-lactam (4-membered cyclic amide) rings is 1. The van der Waals surface area contributed by atoms with Gasteiger partial charge in [0.2, 0.25) is 5.91 Å². The van der Waals surface area contributed by atoms with Crippen molar-refractivity contribution in [2.24, 2.45) is 0 Å². The van der Waals surface area contributed by atoms with Crippen molar-refractivity contribution in [1.82, 2.24) is 10.2 Å². The standard InChI is InChI=1S/C24H20BrN3O6S2/c1-14-18(11-25)36-23-20(26-19(29)13-35-17-5-3-2-4-6-17)22(30)27(23)21(14)24(31)34-12-15-7-9-16(10-8-15)28(32)33/h2-11,20,23H,12-13H2,1H3,(H,26,29)/t20?,23-/m1/s1. The summed E-state index contributed by atoms with van der Waals surface area (Å²) in [5.74, 6) is -1.20. The summed E-state index contributed by atoms with van der Waals surface area (Å²) in [5, 5.41) is 13.1. The lowest BCUT2D eigenvalue weighted by atomic mass is 10.0. The highest BCUT2D eigenvalue weighted by molar-refractivity contribution is 9.11. The molecule has 186 valence electrons. The summed E-state index contributed by atoms with van der Waals surface area (Å²) in [6.45, 7) is 1.60. The van der Waals surface area contributed by atoms with Crippen LogP contribution in [0, 0.1) is 10.1 Å². The van der Waals surface area contributed by atoms with Crippen molar-refractivity contribution in [3.63, 3.8) is 0 Å². The molecule has 0 bridgehead atoms. The fraction of sp³-hybridized carbons (Fsp3) is 0.208. The van der Waals surface area contributed by atoms with Gasteiger partial charge >= 0.3 is 5.97 Å². The number of non-ortho nitro benzene ring substituents is 1. The number of fused-ring (bicyclic) bond motifs is 1. The topological polar surface area (TPSA) is 119 Å². The Morgan fingerprint density at radius 1 is 1.22 bits per heavy atom. The predicted molar refractivity (Wildman–Crippen MR) is 140 cm³/mol. The Kier molecular flexibility index (Phi) is 8.17. The second-order valence-corrected chi connectivity index (χ2v) is 10.5. The number of nitrogens with zero attached hydrogens (tertiary/aromatic N) is 2. The van der Waals surface area contributed by atoms with E-state index in [2.05, 4.69) is 21.2 Å². The fourth-order valence-electron chi connectivity index (χ4n) is 3.64. The van der Waals surface area contributed by atoms with E-state index in [-0.39, 0.29) is 35.6 Å². The van der Waals surface area contributed by atoms with Gasteiger partial charge in [0.1, 0.15) is 23.7 Å². The molecule has 1 saturated heterocycles. The molecule has 36 heavy (non-hydrogen) atoms. The number of hydrogen-bond donors (Lipinski definition) is 1. The number of carbonyl (C=O) groups excluding carboxylic acids is 3. The van der Waals surface area contributed by atoms with Crippen LogP contribution in [0.3, 0.4) is 0 Å². The van der Waals surface area contributed by atoms with Crippen LogP contribution < -0.4 is 5.32 Å². The van der Waals surface area contributed by atoms with Crippen molar-refractivity contribution in [1.29, 1.82) is 0 Å². The molecule has 2 aromatic rings. The lowest BCUT2D eigenvalue weighted by molar-refractivity contribution is -0.384. The molecule has 1 fully saturated rings. The van der Waals surface area contributed by atoms with Gasteiger partial charge in [-0.05, 0) is 47.3 Å². The van der Waals surface area contributed by atoms with Crippen LogP contribution in [0.2, 0.25) is 0 Å². The monoisotopic (exact) mass is 589 g/mol. The number of esters is 1. The summed E-state index contributed by atoms with van der Waals surface area (Å²) in [7, 11) is 0. The molecule has 1 unspecified atom stereocenters. The normalized spacial score (nSPS) is 20.0. The van der Waals surface area contributed by atoms with E-state index in [4.69, 9.17) is 4.74 Å². The van der Waals surface area contributed by atoms with Gasteiger partial charge in [0.15, 0.2) is 0 Å². The third-order valence-corrected chi connectivity index (χ3v) is 8.67. The van der Waals surface area contributed by atoms with Crippen LogP contribution in [0.15, 0.2) is 80.7 Å². The van der Waals surface area contributed by atoms with E-state index in [0.717, 1.165) is 9.80 Å². The molecule has 0 saturated carbocycles. The first-order valence-corrected chi connectivity index (χ1v) is 13.5. The molecule has 1 N–H and O–H groups in total. The lowest BCUT2D eigenvalue weighted by Gasteiger charge is -2.49.